The van der Waals surface area contributed by atoms with Crippen molar-refractivity contribution in [2.45, 2.75) is 194 Å². The largest absolute Gasteiger partial charge is 0.481 e. The summed E-state index contributed by atoms with van der Waals surface area (Å²) in [5, 5.41) is 17.3. The van der Waals surface area contributed by atoms with Gasteiger partial charge in [-0.2, -0.15) is 0 Å². The second-order valence-corrected chi connectivity index (χ2v) is 14.9. The van der Waals surface area contributed by atoms with Gasteiger partial charge in [0.1, 0.15) is 0 Å². The molecule has 0 radical (unpaired) electrons. The number of hydrogen-bond acceptors (Lipinski definition) is 2. The molecule has 0 spiro atoms. The minimum Gasteiger partial charge on any atom is -0.481 e. The molecular weight excluding hydrogens is 604 g/mol. The average Bonchev–Trinajstić information content (AvgIpc) is 3.07. The highest BCUT2D eigenvalue weighted by Gasteiger charge is 2.06. The Labute approximate surface area is 301 Å². The maximum absolute atomic E-state index is 10.6. The van der Waals surface area contributed by atoms with E-state index in [1.165, 1.54) is 164 Å². The smallest absolute Gasteiger partial charge is 0.303 e. The van der Waals surface area contributed by atoms with Crippen molar-refractivity contribution in [2.75, 3.05) is 0 Å². The van der Waals surface area contributed by atoms with E-state index in [0.29, 0.717) is 18.8 Å². The Kier molecular flexibility index (Phi) is 28.4. The maximum Gasteiger partial charge on any atom is 0.303 e. The van der Waals surface area contributed by atoms with Crippen LogP contribution in [0, 0.1) is 19.8 Å². The van der Waals surface area contributed by atoms with Crippen LogP contribution >= 0.6 is 0 Å². The molecule has 2 aromatic carbocycles. The molecule has 1 atom stereocenters. The number of unbranched alkanes of at least 4 members (excludes halogenated alkanes) is 20. The summed E-state index contributed by atoms with van der Waals surface area (Å²) in [5.41, 5.74) is 5.64. The molecule has 0 aliphatic rings. The zero-order valence-corrected chi connectivity index (χ0v) is 32.0. The van der Waals surface area contributed by atoms with Gasteiger partial charge in [-0.25, -0.2) is 0 Å². The van der Waals surface area contributed by atoms with Crippen molar-refractivity contribution in [3.05, 3.63) is 70.8 Å². The molecule has 0 heterocycles. The standard InChI is InChI=1S/C23H38O2.C22H36O2/c1-20-15-17-22(18-16-20)14-12-10-8-6-4-3-5-7-9-11-13-21(2)19-23(24)25;1-20-16-18-21(19-17-20)14-12-10-8-6-4-2-3-5-7-9-11-13-15-22(23)24/h15-18,21H,3-14,19H2,1-2H3,(H,24,25);16-19H,2-15H2,1H3,(H,23,24). The first kappa shape index (κ1) is 44.4. The molecule has 0 fully saturated rings. The van der Waals surface area contributed by atoms with Crippen molar-refractivity contribution in [3.8, 4) is 0 Å². The molecule has 0 aromatic heterocycles. The van der Waals surface area contributed by atoms with Crippen LogP contribution in [0.15, 0.2) is 48.5 Å². The summed E-state index contributed by atoms with van der Waals surface area (Å²) in [6.45, 7) is 6.33. The van der Waals surface area contributed by atoms with E-state index >= 15 is 0 Å². The fraction of sp³-hybridized carbons (Fsp3) is 0.689. The molecule has 4 nitrogen and oxygen atoms in total. The first-order valence-corrected chi connectivity index (χ1v) is 20.3. The van der Waals surface area contributed by atoms with E-state index in [-0.39, 0.29) is 0 Å². The van der Waals surface area contributed by atoms with Crippen molar-refractivity contribution in [3.63, 3.8) is 0 Å². The van der Waals surface area contributed by atoms with Crippen LogP contribution in [0.25, 0.3) is 0 Å². The number of aryl methyl sites for hydroxylation is 4. The van der Waals surface area contributed by atoms with Gasteiger partial charge in [0, 0.05) is 12.8 Å². The number of carboxylic acids is 2. The number of aliphatic carboxylic acids is 2. The van der Waals surface area contributed by atoms with E-state index < -0.39 is 11.9 Å². The van der Waals surface area contributed by atoms with Gasteiger partial charge in [0.25, 0.3) is 0 Å². The van der Waals surface area contributed by atoms with Gasteiger partial charge in [-0.1, -0.05) is 195 Å². The van der Waals surface area contributed by atoms with Crippen LogP contribution in [0.2, 0.25) is 0 Å². The fourth-order valence-corrected chi connectivity index (χ4v) is 6.52. The quantitative estimate of drug-likeness (QED) is 0.0806. The Morgan fingerprint density at radius 3 is 1.08 bits per heavy atom. The van der Waals surface area contributed by atoms with Crippen LogP contribution < -0.4 is 0 Å². The van der Waals surface area contributed by atoms with Crippen molar-refractivity contribution in [1.82, 2.24) is 0 Å². The van der Waals surface area contributed by atoms with Crippen molar-refractivity contribution >= 4 is 11.9 Å². The van der Waals surface area contributed by atoms with Crippen molar-refractivity contribution in [1.29, 1.82) is 0 Å². The summed E-state index contributed by atoms with van der Waals surface area (Å²) in [6.07, 6.45) is 32.7. The van der Waals surface area contributed by atoms with Crippen molar-refractivity contribution < 1.29 is 19.8 Å². The first-order valence-electron chi connectivity index (χ1n) is 20.3. The summed E-state index contributed by atoms with van der Waals surface area (Å²) < 4.78 is 0. The van der Waals surface area contributed by atoms with E-state index in [2.05, 4.69) is 62.4 Å². The second-order valence-electron chi connectivity index (χ2n) is 14.9. The van der Waals surface area contributed by atoms with Gasteiger partial charge in [0.05, 0.1) is 0 Å². The lowest BCUT2D eigenvalue weighted by Crippen LogP contribution is -2.03. The average molecular weight is 679 g/mol. The predicted octanol–water partition coefficient (Wildman–Crippen LogP) is 13.6. The Balaban J connectivity index is 0.000000490. The minimum atomic E-state index is -0.661. The van der Waals surface area contributed by atoms with Gasteiger partial charge in [-0.15, -0.1) is 0 Å². The number of hydrogen-bond donors (Lipinski definition) is 2. The summed E-state index contributed by atoms with van der Waals surface area (Å²) >= 11 is 0. The summed E-state index contributed by atoms with van der Waals surface area (Å²) in [5.74, 6) is -0.988. The molecular formula is C45H74O4. The number of carbonyl (C=O) groups is 2. The third-order valence-corrected chi connectivity index (χ3v) is 9.78. The molecule has 4 heteroatoms. The molecule has 2 rings (SSSR count). The molecule has 49 heavy (non-hydrogen) atoms. The zero-order chi connectivity index (χ0) is 35.8. The Bertz CT molecular complexity index is 1040. The van der Waals surface area contributed by atoms with Crippen LogP contribution in [0.1, 0.15) is 190 Å². The molecule has 0 saturated heterocycles. The number of benzene rings is 2. The summed E-state index contributed by atoms with van der Waals surface area (Å²) in [7, 11) is 0. The molecule has 2 aromatic rings. The molecule has 0 bridgehead atoms. The monoisotopic (exact) mass is 679 g/mol. The number of rotatable bonds is 30. The van der Waals surface area contributed by atoms with E-state index in [9.17, 15) is 9.59 Å². The zero-order valence-electron chi connectivity index (χ0n) is 32.0. The van der Waals surface area contributed by atoms with Crippen molar-refractivity contribution in [2.24, 2.45) is 5.92 Å². The highest BCUT2D eigenvalue weighted by atomic mass is 16.4. The highest BCUT2D eigenvalue weighted by molar-refractivity contribution is 5.67. The third kappa shape index (κ3) is 30.0. The van der Waals surface area contributed by atoms with Crippen LogP contribution in [0.3, 0.4) is 0 Å². The fourth-order valence-electron chi connectivity index (χ4n) is 6.52. The van der Waals surface area contributed by atoms with Gasteiger partial charge in [-0.05, 0) is 63.0 Å². The van der Waals surface area contributed by atoms with Crippen LogP contribution in [-0.2, 0) is 22.4 Å². The van der Waals surface area contributed by atoms with Gasteiger partial charge in [0.2, 0.25) is 0 Å². The Morgan fingerprint density at radius 1 is 0.449 bits per heavy atom. The van der Waals surface area contributed by atoms with E-state index in [1.54, 1.807) is 0 Å². The van der Waals surface area contributed by atoms with E-state index in [4.69, 9.17) is 10.2 Å². The topological polar surface area (TPSA) is 74.6 Å². The minimum absolute atomic E-state index is 0.323. The van der Waals surface area contributed by atoms with Gasteiger partial charge in [0.15, 0.2) is 0 Å². The first-order chi connectivity index (χ1) is 23.8. The Morgan fingerprint density at radius 2 is 0.755 bits per heavy atom. The molecule has 0 amide bonds. The lowest BCUT2D eigenvalue weighted by Gasteiger charge is -2.08. The van der Waals surface area contributed by atoms with E-state index in [0.717, 1.165) is 19.3 Å². The third-order valence-electron chi connectivity index (χ3n) is 9.78. The van der Waals surface area contributed by atoms with E-state index in [1.807, 2.05) is 6.92 Å². The van der Waals surface area contributed by atoms with Gasteiger partial charge >= 0.3 is 11.9 Å². The lowest BCUT2D eigenvalue weighted by atomic mass is 9.99. The number of carboxylic acid groups (broad SMARTS) is 2. The summed E-state index contributed by atoms with van der Waals surface area (Å²) in [4.78, 5) is 21.0. The maximum atomic E-state index is 10.6. The van der Waals surface area contributed by atoms with Gasteiger partial charge < -0.3 is 10.2 Å². The SMILES string of the molecule is Cc1ccc(CCCCCCCCCCCCC(C)CC(=O)O)cc1.Cc1ccc(CCCCCCCCCCCCCCC(=O)O)cc1. The highest BCUT2D eigenvalue weighted by Crippen LogP contribution is 2.17. The van der Waals surface area contributed by atoms with Crippen LogP contribution in [-0.4, -0.2) is 22.2 Å². The molecule has 0 saturated carbocycles. The molecule has 0 aliphatic heterocycles. The van der Waals surface area contributed by atoms with Crippen LogP contribution in [0.4, 0.5) is 0 Å². The predicted molar refractivity (Wildman–Crippen MR) is 210 cm³/mol. The molecule has 2 N–H and O–H groups in total. The normalized spacial score (nSPS) is 11.6. The molecule has 1 unspecified atom stereocenters. The summed E-state index contributed by atoms with van der Waals surface area (Å²) in [6, 6.07) is 17.9. The molecule has 0 aliphatic carbocycles. The van der Waals surface area contributed by atoms with Gasteiger partial charge in [-0.3, -0.25) is 9.59 Å². The lowest BCUT2D eigenvalue weighted by molar-refractivity contribution is -0.138. The van der Waals surface area contributed by atoms with Crippen LogP contribution in [0.5, 0.6) is 0 Å². The second kappa shape index (κ2) is 31.4. The Hall–Kier alpha value is -2.62. The molecule has 278 valence electrons.